The highest BCUT2D eigenvalue weighted by atomic mass is 32.1. The monoisotopic (exact) mass is 392 g/mol. The maximum Gasteiger partial charge on any atom is 0.226 e. The van der Waals surface area contributed by atoms with Crippen LogP contribution in [-0.4, -0.2) is 29.0 Å². The summed E-state index contributed by atoms with van der Waals surface area (Å²) in [4.78, 5) is 25.3. The number of aryl methyl sites for hydroxylation is 1. The van der Waals surface area contributed by atoms with E-state index in [1.807, 2.05) is 48.7 Å². The Kier molecular flexibility index (Phi) is 5.67. The van der Waals surface area contributed by atoms with Crippen molar-refractivity contribution < 1.29 is 4.79 Å². The molecule has 6 heteroatoms. The number of rotatable bonds is 5. The molecular weight excluding hydrogens is 368 g/mol. The molecule has 0 spiro atoms. The first-order valence-electron chi connectivity index (χ1n) is 9.65. The van der Waals surface area contributed by atoms with Crippen LogP contribution in [0.5, 0.6) is 0 Å². The van der Waals surface area contributed by atoms with Gasteiger partial charge in [0, 0.05) is 35.1 Å². The van der Waals surface area contributed by atoms with Gasteiger partial charge in [-0.1, -0.05) is 36.4 Å². The minimum atomic E-state index is 0.0645. The zero-order chi connectivity index (χ0) is 19.3. The predicted octanol–water partition coefficient (Wildman–Crippen LogP) is 4.05. The summed E-state index contributed by atoms with van der Waals surface area (Å²) in [5.74, 6) is 0.981. The van der Waals surface area contributed by atoms with E-state index in [4.69, 9.17) is 4.98 Å². The number of piperidine rings is 1. The SMILES string of the molecule is Cc1cc(-c2ccccc2)nc(N2CCC(C(=O)NCc3cccs3)CC2)n1. The lowest BCUT2D eigenvalue weighted by atomic mass is 9.96. The van der Waals surface area contributed by atoms with Gasteiger partial charge in [-0.2, -0.15) is 0 Å². The summed E-state index contributed by atoms with van der Waals surface area (Å²) in [5, 5.41) is 5.10. The smallest absolute Gasteiger partial charge is 0.226 e. The highest BCUT2D eigenvalue weighted by molar-refractivity contribution is 7.09. The molecule has 1 aliphatic rings. The highest BCUT2D eigenvalue weighted by Crippen LogP contribution is 2.24. The Balaban J connectivity index is 1.38. The Morgan fingerprint density at radius 3 is 2.64 bits per heavy atom. The Labute approximate surface area is 169 Å². The number of nitrogens with one attached hydrogen (secondary N) is 1. The zero-order valence-corrected chi connectivity index (χ0v) is 16.8. The molecule has 5 nitrogen and oxygen atoms in total. The van der Waals surface area contributed by atoms with Crippen molar-refractivity contribution in [1.82, 2.24) is 15.3 Å². The van der Waals surface area contributed by atoms with E-state index in [1.54, 1.807) is 11.3 Å². The maximum atomic E-state index is 12.5. The van der Waals surface area contributed by atoms with Crippen molar-refractivity contribution in [3.63, 3.8) is 0 Å². The first-order chi connectivity index (χ1) is 13.7. The van der Waals surface area contributed by atoms with Gasteiger partial charge in [0.05, 0.1) is 12.2 Å². The molecule has 1 N–H and O–H groups in total. The molecule has 1 aliphatic heterocycles. The molecule has 3 aromatic rings. The lowest BCUT2D eigenvalue weighted by Gasteiger charge is -2.31. The Hall–Kier alpha value is -2.73. The highest BCUT2D eigenvalue weighted by Gasteiger charge is 2.26. The van der Waals surface area contributed by atoms with Crippen molar-refractivity contribution in [2.45, 2.75) is 26.3 Å². The second kappa shape index (κ2) is 8.52. The van der Waals surface area contributed by atoms with Crippen molar-refractivity contribution >= 4 is 23.2 Å². The third-order valence-electron chi connectivity index (χ3n) is 5.08. The largest absolute Gasteiger partial charge is 0.351 e. The van der Waals surface area contributed by atoms with Crippen LogP contribution in [0, 0.1) is 12.8 Å². The van der Waals surface area contributed by atoms with Gasteiger partial charge in [-0.25, -0.2) is 9.97 Å². The van der Waals surface area contributed by atoms with Crippen LogP contribution in [0.15, 0.2) is 53.9 Å². The molecule has 0 radical (unpaired) electrons. The molecule has 2 aromatic heterocycles. The summed E-state index contributed by atoms with van der Waals surface area (Å²) >= 11 is 1.67. The molecule has 0 saturated carbocycles. The van der Waals surface area contributed by atoms with E-state index in [-0.39, 0.29) is 11.8 Å². The van der Waals surface area contributed by atoms with Crippen LogP contribution in [0.3, 0.4) is 0 Å². The number of anilines is 1. The number of benzene rings is 1. The molecule has 0 atom stereocenters. The number of carbonyl (C=O) groups excluding carboxylic acids is 1. The molecule has 0 unspecified atom stereocenters. The fraction of sp³-hybridized carbons (Fsp3) is 0.318. The fourth-order valence-electron chi connectivity index (χ4n) is 3.52. The van der Waals surface area contributed by atoms with Gasteiger partial charge < -0.3 is 10.2 Å². The molecule has 28 heavy (non-hydrogen) atoms. The van der Waals surface area contributed by atoms with Crippen LogP contribution in [0.2, 0.25) is 0 Å². The van der Waals surface area contributed by atoms with Crippen molar-refractivity contribution in [2.75, 3.05) is 18.0 Å². The number of nitrogens with zero attached hydrogens (tertiary/aromatic N) is 3. The second-order valence-electron chi connectivity index (χ2n) is 7.12. The third kappa shape index (κ3) is 4.39. The van der Waals surface area contributed by atoms with E-state index in [2.05, 4.69) is 27.3 Å². The van der Waals surface area contributed by atoms with Crippen LogP contribution < -0.4 is 10.2 Å². The summed E-state index contributed by atoms with van der Waals surface area (Å²) in [5.41, 5.74) is 3.00. The molecule has 1 aromatic carbocycles. The molecule has 0 bridgehead atoms. The van der Waals surface area contributed by atoms with Crippen molar-refractivity contribution in [1.29, 1.82) is 0 Å². The van der Waals surface area contributed by atoms with Gasteiger partial charge in [0.2, 0.25) is 11.9 Å². The molecule has 1 saturated heterocycles. The normalized spacial score (nSPS) is 14.8. The van der Waals surface area contributed by atoms with Gasteiger partial charge in [0.25, 0.3) is 0 Å². The second-order valence-corrected chi connectivity index (χ2v) is 8.15. The van der Waals surface area contributed by atoms with Crippen LogP contribution in [0.25, 0.3) is 11.3 Å². The molecule has 144 valence electrons. The van der Waals surface area contributed by atoms with Gasteiger partial charge in [-0.05, 0) is 37.3 Å². The lowest BCUT2D eigenvalue weighted by molar-refractivity contribution is -0.125. The summed E-state index contributed by atoms with van der Waals surface area (Å²) in [7, 11) is 0. The van der Waals surface area contributed by atoms with Crippen LogP contribution in [0.4, 0.5) is 5.95 Å². The van der Waals surface area contributed by atoms with E-state index >= 15 is 0 Å². The average molecular weight is 393 g/mol. The summed E-state index contributed by atoms with van der Waals surface area (Å²) in [6.07, 6.45) is 1.66. The van der Waals surface area contributed by atoms with Gasteiger partial charge in [0.15, 0.2) is 0 Å². The van der Waals surface area contributed by atoms with Crippen molar-refractivity contribution in [3.8, 4) is 11.3 Å². The first-order valence-corrected chi connectivity index (χ1v) is 10.5. The molecule has 3 heterocycles. The molecule has 0 aliphatic carbocycles. The summed E-state index contributed by atoms with van der Waals surface area (Å²) in [6, 6.07) is 16.3. The standard InChI is InChI=1S/C22H24N4OS/c1-16-14-20(17-6-3-2-4-7-17)25-22(24-16)26-11-9-18(10-12-26)21(27)23-15-19-8-5-13-28-19/h2-8,13-14,18H,9-12,15H2,1H3,(H,23,27). The minimum absolute atomic E-state index is 0.0645. The summed E-state index contributed by atoms with van der Waals surface area (Å²) in [6.45, 7) is 4.23. The number of amides is 1. The Bertz CT molecular complexity index is 919. The Morgan fingerprint density at radius 1 is 1.14 bits per heavy atom. The third-order valence-corrected chi connectivity index (χ3v) is 5.95. The number of carbonyl (C=O) groups is 1. The topological polar surface area (TPSA) is 58.1 Å². The first kappa shape index (κ1) is 18.6. The van der Waals surface area contributed by atoms with Crippen LogP contribution in [0.1, 0.15) is 23.4 Å². The van der Waals surface area contributed by atoms with E-state index in [0.29, 0.717) is 6.54 Å². The van der Waals surface area contributed by atoms with E-state index < -0.39 is 0 Å². The predicted molar refractivity (Wildman–Crippen MR) is 113 cm³/mol. The molecule has 1 fully saturated rings. The zero-order valence-electron chi connectivity index (χ0n) is 16.0. The van der Waals surface area contributed by atoms with Crippen molar-refractivity contribution in [3.05, 3.63) is 64.5 Å². The maximum absolute atomic E-state index is 12.5. The molecule has 1 amide bonds. The van der Waals surface area contributed by atoms with Gasteiger partial charge in [-0.3, -0.25) is 4.79 Å². The number of hydrogen-bond acceptors (Lipinski definition) is 5. The van der Waals surface area contributed by atoms with Crippen LogP contribution in [-0.2, 0) is 11.3 Å². The lowest BCUT2D eigenvalue weighted by Crippen LogP contribution is -2.41. The van der Waals surface area contributed by atoms with Gasteiger partial charge >= 0.3 is 0 Å². The number of hydrogen-bond donors (Lipinski definition) is 1. The molecular formula is C22H24N4OS. The quantitative estimate of drug-likeness (QED) is 0.712. The van der Waals surface area contributed by atoms with E-state index in [0.717, 1.165) is 48.8 Å². The Morgan fingerprint density at radius 2 is 1.93 bits per heavy atom. The van der Waals surface area contributed by atoms with E-state index in [9.17, 15) is 4.79 Å². The van der Waals surface area contributed by atoms with Crippen molar-refractivity contribution in [2.24, 2.45) is 5.92 Å². The summed E-state index contributed by atoms with van der Waals surface area (Å²) < 4.78 is 0. The number of aromatic nitrogens is 2. The van der Waals surface area contributed by atoms with Gasteiger partial charge in [-0.15, -0.1) is 11.3 Å². The number of thiophene rings is 1. The van der Waals surface area contributed by atoms with Gasteiger partial charge in [0.1, 0.15) is 0 Å². The molecule has 4 rings (SSSR count). The minimum Gasteiger partial charge on any atom is -0.351 e. The van der Waals surface area contributed by atoms with E-state index in [1.165, 1.54) is 4.88 Å². The average Bonchev–Trinajstić information content (AvgIpc) is 3.26. The fourth-order valence-corrected chi connectivity index (χ4v) is 4.17. The van der Waals surface area contributed by atoms with Crippen LogP contribution >= 0.6 is 11.3 Å².